The summed E-state index contributed by atoms with van der Waals surface area (Å²) in [5.41, 5.74) is 8.41. The number of aryl methyl sites for hydroxylation is 1. The topological polar surface area (TPSA) is 55.1 Å². The Bertz CT molecular complexity index is 708. The van der Waals surface area contributed by atoms with Crippen LogP contribution in [0, 0.1) is 18.2 Å². The van der Waals surface area contributed by atoms with Crippen molar-refractivity contribution in [3.63, 3.8) is 0 Å². The lowest BCUT2D eigenvalue weighted by Gasteiger charge is -2.32. The fraction of sp³-hybridized carbons (Fsp3) is 0.316. The molecule has 0 heterocycles. The SMILES string of the molecule is Cc1ccc(N)cc1C(=O)NC(c1ccc(F)cc1)C(C)(C)C.Cl. The molecule has 24 heavy (non-hydrogen) atoms. The van der Waals surface area contributed by atoms with E-state index in [1.807, 2.05) is 33.8 Å². The molecule has 0 aliphatic carbocycles. The molecule has 0 aliphatic heterocycles. The lowest BCUT2D eigenvalue weighted by Crippen LogP contribution is -2.37. The van der Waals surface area contributed by atoms with Crippen LogP contribution in [0.4, 0.5) is 10.1 Å². The fourth-order valence-electron chi connectivity index (χ4n) is 2.55. The smallest absolute Gasteiger partial charge is 0.252 e. The van der Waals surface area contributed by atoms with Crippen molar-refractivity contribution in [2.45, 2.75) is 33.7 Å². The number of hydrogen-bond donors (Lipinski definition) is 2. The fourth-order valence-corrected chi connectivity index (χ4v) is 2.55. The molecule has 2 aromatic carbocycles. The zero-order valence-electron chi connectivity index (χ0n) is 14.4. The van der Waals surface area contributed by atoms with Crippen LogP contribution in [-0.2, 0) is 0 Å². The van der Waals surface area contributed by atoms with Crippen LogP contribution in [0.25, 0.3) is 0 Å². The van der Waals surface area contributed by atoms with E-state index in [1.165, 1.54) is 12.1 Å². The van der Waals surface area contributed by atoms with E-state index in [-0.39, 0.29) is 35.6 Å². The molecule has 2 rings (SSSR count). The molecule has 0 aromatic heterocycles. The molecule has 0 bridgehead atoms. The van der Waals surface area contributed by atoms with Crippen LogP contribution in [-0.4, -0.2) is 5.91 Å². The number of nitrogens with one attached hydrogen (secondary N) is 1. The van der Waals surface area contributed by atoms with Crippen molar-refractivity contribution in [1.82, 2.24) is 5.32 Å². The van der Waals surface area contributed by atoms with Crippen molar-refractivity contribution in [2.75, 3.05) is 5.73 Å². The number of benzene rings is 2. The quantitative estimate of drug-likeness (QED) is 0.791. The van der Waals surface area contributed by atoms with Gasteiger partial charge in [0.25, 0.3) is 5.91 Å². The average Bonchev–Trinajstić information content (AvgIpc) is 2.47. The van der Waals surface area contributed by atoms with Gasteiger partial charge < -0.3 is 11.1 Å². The van der Waals surface area contributed by atoms with Crippen molar-refractivity contribution >= 4 is 24.0 Å². The van der Waals surface area contributed by atoms with E-state index in [1.54, 1.807) is 24.3 Å². The maximum absolute atomic E-state index is 13.2. The molecule has 3 nitrogen and oxygen atoms in total. The summed E-state index contributed by atoms with van der Waals surface area (Å²) in [5, 5.41) is 3.06. The highest BCUT2D eigenvalue weighted by atomic mass is 35.5. The van der Waals surface area contributed by atoms with Gasteiger partial charge in [0.15, 0.2) is 0 Å². The summed E-state index contributed by atoms with van der Waals surface area (Å²) >= 11 is 0. The highest BCUT2D eigenvalue weighted by Crippen LogP contribution is 2.33. The Morgan fingerprint density at radius 2 is 1.71 bits per heavy atom. The molecule has 5 heteroatoms. The summed E-state index contributed by atoms with van der Waals surface area (Å²) < 4.78 is 13.2. The molecule has 1 unspecified atom stereocenters. The molecule has 0 aliphatic rings. The second-order valence-electron chi connectivity index (χ2n) is 6.90. The summed E-state index contributed by atoms with van der Waals surface area (Å²) in [6, 6.07) is 11.3. The minimum absolute atomic E-state index is 0. The molecule has 130 valence electrons. The van der Waals surface area contributed by atoms with Crippen LogP contribution < -0.4 is 11.1 Å². The van der Waals surface area contributed by atoms with E-state index >= 15 is 0 Å². The first kappa shape index (κ1) is 20.0. The minimum atomic E-state index is -0.292. The monoisotopic (exact) mass is 350 g/mol. The predicted octanol–water partition coefficient (Wildman–Crippen LogP) is 4.66. The number of nitrogen functional groups attached to an aromatic ring is 1. The van der Waals surface area contributed by atoms with Crippen LogP contribution in [0.5, 0.6) is 0 Å². The van der Waals surface area contributed by atoms with E-state index in [4.69, 9.17) is 5.73 Å². The highest BCUT2D eigenvalue weighted by Gasteiger charge is 2.28. The Hall–Kier alpha value is -2.07. The van der Waals surface area contributed by atoms with Gasteiger partial charge in [0.2, 0.25) is 0 Å². The van der Waals surface area contributed by atoms with Crippen LogP contribution in [0.15, 0.2) is 42.5 Å². The van der Waals surface area contributed by atoms with E-state index in [9.17, 15) is 9.18 Å². The summed E-state index contributed by atoms with van der Waals surface area (Å²) in [4.78, 5) is 12.7. The van der Waals surface area contributed by atoms with E-state index in [0.717, 1.165) is 11.1 Å². The van der Waals surface area contributed by atoms with Gasteiger partial charge in [0.05, 0.1) is 6.04 Å². The maximum atomic E-state index is 13.2. The number of halogens is 2. The van der Waals surface area contributed by atoms with Crippen LogP contribution >= 0.6 is 12.4 Å². The Morgan fingerprint density at radius 1 is 1.12 bits per heavy atom. The molecule has 3 N–H and O–H groups in total. The molecule has 1 atom stereocenters. The predicted molar refractivity (Wildman–Crippen MR) is 98.9 cm³/mol. The first-order chi connectivity index (χ1) is 10.7. The Balaban J connectivity index is 0.00000288. The van der Waals surface area contributed by atoms with Gasteiger partial charge in [0, 0.05) is 11.3 Å². The number of anilines is 1. The molecule has 0 radical (unpaired) electrons. The van der Waals surface area contributed by atoms with Gasteiger partial charge in [-0.1, -0.05) is 39.0 Å². The summed E-state index contributed by atoms with van der Waals surface area (Å²) in [6.07, 6.45) is 0. The van der Waals surface area contributed by atoms with Gasteiger partial charge in [-0.3, -0.25) is 4.79 Å². The van der Waals surface area contributed by atoms with Gasteiger partial charge in [-0.2, -0.15) is 0 Å². The third-order valence-corrected chi connectivity index (χ3v) is 3.85. The number of rotatable bonds is 3. The van der Waals surface area contributed by atoms with Crippen molar-refractivity contribution in [1.29, 1.82) is 0 Å². The van der Waals surface area contributed by atoms with Gasteiger partial charge >= 0.3 is 0 Å². The Kier molecular flexibility index (Phi) is 6.38. The van der Waals surface area contributed by atoms with Crippen molar-refractivity contribution in [3.8, 4) is 0 Å². The third kappa shape index (κ3) is 4.71. The van der Waals surface area contributed by atoms with Crippen molar-refractivity contribution < 1.29 is 9.18 Å². The Labute approximate surface area is 148 Å². The summed E-state index contributed by atoms with van der Waals surface area (Å²) in [5.74, 6) is -0.474. The number of nitrogens with two attached hydrogens (primary N) is 1. The number of carbonyl (C=O) groups excluding carboxylic acids is 1. The van der Waals surface area contributed by atoms with E-state index in [2.05, 4.69) is 5.32 Å². The van der Waals surface area contributed by atoms with Gasteiger partial charge in [-0.05, 0) is 47.7 Å². The molecule has 0 spiro atoms. The lowest BCUT2D eigenvalue weighted by atomic mass is 9.82. The normalized spacial score (nSPS) is 12.2. The molecular formula is C19H24ClFN2O. The standard InChI is InChI=1S/C19H23FN2O.ClH/c1-12-5-10-15(21)11-16(12)18(23)22-17(19(2,3)4)13-6-8-14(20)9-7-13;/h5-11,17H,21H2,1-4H3,(H,22,23);1H. The number of carbonyl (C=O) groups is 1. The maximum Gasteiger partial charge on any atom is 0.252 e. The molecule has 0 saturated heterocycles. The van der Waals surface area contributed by atoms with Crippen molar-refractivity contribution in [2.24, 2.45) is 5.41 Å². The first-order valence-electron chi connectivity index (χ1n) is 7.61. The summed E-state index contributed by atoms with van der Waals surface area (Å²) in [7, 11) is 0. The average molecular weight is 351 g/mol. The number of amides is 1. The second kappa shape index (κ2) is 7.67. The van der Waals surface area contributed by atoms with Gasteiger partial charge in [0.1, 0.15) is 5.82 Å². The van der Waals surface area contributed by atoms with Crippen molar-refractivity contribution in [3.05, 3.63) is 65.0 Å². The molecule has 2 aromatic rings. The van der Waals surface area contributed by atoms with E-state index in [0.29, 0.717) is 11.3 Å². The second-order valence-corrected chi connectivity index (χ2v) is 6.90. The molecule has 0 saturated carbocycles. The third-order valence-electron chi connectivity index (χ3n) is 3.85. The lowest BCUT2D eigenvalue weighted by molar-refractivity contribution is 0.0901. The van der Waals surface area contributed by atoms with Crippen LogP contribution in [0.1, 0.15) is 48.3 Å². The van der Waals surface area contributed by atoms with E-state index < -0.39 is 0 Å². The van der Waals surface area contributed by atoms with Crippen LogP contribution in [0.2, 0.25) is 0 Å². The highest BCUT2D eigenvalue weighted by molar-refractivity contribution is 5.96. The largest absolute Gasteiger partial charge is 0.399 e. The molecule has 1 amide bonds. The van der Waals surface area contributed by atoms with Gasteiger partial charge in [-0.15, -0.1) is 12.4 Å². The summed E-state index contributed by atoms with van der Waals surface area (Å²) in [6.45, 7) is 7.98. The number of hydrogen-bond acceptors (Lipinski definition) is 2. The van der Waals surface area contributed by atoms with Gasteiger partial charge in [-0.25, -0.2) is 4.39 Å². The van der Waals surface area contributed by atoms with Crippen LogP contribution in [0.3, 0.4) is 0 Å². The zero-order valence-corrected chi connectivity index (χ0v) is 15.2. The molecular weight excluding hydrogens is 327 g/mol. The molecule has 0 fully saturated rings. The Morgan fingerprint density at radius 3 is 2.25 bits per heavy atom. The zero-order chi connectivity index (χ0) is 17.2. The minimum Gasteiger partial charge on any atom is -0.399 e. The first-order valence-corrected chi connectivity index (χ1v) is 7.61.